The van der Waals surface area contributed by atoms with Crippen molar-refractivity contribution in [2.75, 3.05) is 6.54 Å². The van der Waals surface area contributed by atoms with E-state index in [2.05, 4.69) is 9.71 Å². The fourth-order valence-electron chi connectivity index (χ4n) is 1.59. The number of benzene rings is 1. The first-order valence-electron chi connectivity index (χ1n) is 5.81. The second-order valence-corrected chi connectivity index (χ2v) is 7.15. The van der Waals surface area contributed by atoms with Crippen molar-refractivity contribution in [2.24, 2.45) is 0 Å². The standard InChI is InChI=1S/C12H11ClN2O4S2/c13-9-2-1-8(12(16)17)7-10(9)21(18,19)15-4-3-11-14-5-6-20-11/h1-2,5-7,15H,3-4H2,(H,16,17). The average molecular weight is 347 g/mol. The van der Waals surface area contributed by atoms with E-state index < -0.39 is 16.0 Å². The van der Waals surface area contributed by atoms with Crippen LogP contribution in [-0.2, 0) is 16.4 Å². The van der Waals surface area contributed by atoms with Crippen LogP contribution >= 0.6 is 22.9 Å². The molecular weight excluding hydrogens is 336 g/mol. The van der Waals surface area contributed by atoms with E-state index >= 15 is 0 Å². The number of carboxylic acids is 1. The molecule has 0 aliphatic carbocycles. The smallest absolute Gasteiger partial charge is 0.335 e. The Hall–Kier alpha value is -1.48. The maximum atomic E-state index is 12.2. The summed E-state index contributed by atoms with van der Waals surface area (Å²) in [5.74, 6) is -1.22. The van der Waals surface area contributed by atoms with Crippen LogP contribution in [0.15, 0.2) is 34.7 Å². The van der Waals surface area contributed by atoms with Crippen molar-refractivity contribution in [3.8, 4) is 0 Å². The van der Waals surface area contributed by atoms with Gasteiger partial charge in [-0.25, -0.2) is 22.9 Å². The molecule has 1 aromatic carbocycles. The first-order valence-corrected chi connectivity index (χ1v) is 8.55. The van der Waals surface area contributed by atoms with Crippen LogP contribution in [0.2, 0.25) is 5.02 Å². The molecule has 2 N–H and O–H groups in total. The van der Waals surface area contributed by atoms with Gasteiger partial charge in [0.15, 0.2) is 0 Å². The zero-order chi connectivity index (χ0) is 15.5. The Morgan fingerprint density at radius 1 is 1.43 bits per heavy atom. The zero-order valence-corrected chi connectivity index (χ0v) is 13.0. The Morgan fingerprint density at radius 3 is 2.81 bits per heavy atom. The van der Waals surface area contributed by atoms with E-state index in [4.69, 9.17) is 16.7 Å². The number of rotatable bonds is 6. The lowest BCUT2D eigenvalue weighted by molar-refractivity contribution is 0.0696. The number of sulfonamides is 1. The van der Waals surface area contributed by atoms with Gasteiger partial charge in [-0.1, -0.05) is 11.6 Å². The van der Waals surface area contributed by atoms with Gasteiger partial charge in [0.25, 0.3) is 0 Å². The van der Waals surface area contributed by atoms with Gasteiger partial charge in [-0.2, -0.15) is 0 Å². The number of aromatic nitrogens is 1. The molecule has 0 aliphatic heterocycles. The second kappa shape index (κ2) is 6.52. The van der Waals surface area contributed by atoms with Crippen LogP contribution in [0.1, 0.15) is 15.4 Å². The van der Waals surface area contributed by atoms with Crippen LogP contribution in [0.4, 0.5) is 0 Å². The van der Waals surface area contributed by atoms with E-state index in [1.807, 2.05) is 0 Å². The Balaban J connectivity index is 2.15. The van der Waals surface area contributed by atoms with Crippen LogP contribution in [0.5, 0.6) is 0 Å². The van der Waals surface area contributed by atoms with Gasteiger partial charge in [-0.15, -0.1) is 11.3 Å². The monoisotopic (exact) mass is 346 g/mol. The van der Waals surface area contributed by atoms with Gasteiger partial charge < -0.3 is 5.11 Å². The molecular formula is C12H11ClN2O4S2. The van der Waals surface area contributed by atoms with E-state index in [-0.39, 0.29) is 22.0 Å². The maximum absolute atomic E-state index is 12.2. The minimum atomic E-state index is -3.87. The van der Waals surface area contributed by atoms with Crippen molar-refractivity contribution < 1.29 is 18.3 Å². The topological polar surface area (TPSA) is 96.4 Å². The van der Waals surface area contributed by atoms with Gasteiger partial charge in [0, 0.05) is 24.5 Å². The van der Waals surface area contributed by atoms with Gasteiger partial charge in [0.2, 0.25) is 10.0 Å². The number of carbonyl (C=O) groups is 1. The van der Waals surface area contributed by atoms with E-state index in [9.17, 15) is 13.2 Å². The minimum Gasteiger partial charge on any atom is -0.478 e. The summed E-state index contributed by atoms with van der Waals surface area (Å²) in [6.07, 6.45) is 2.09. The van der Waals surface area contributed by atoms with Crippen molar-refractivity contribution in [1.82, 2.24) is 9.71 Å². The number of nitrogens with one attached hydrogen (secondary N) is 1. The molecule has 1 heterocycles. The lowest BCUT2D eigenvalue weighted by Crippen LogP contribution is -2.26. The number of halogens is 1. The molecule has 9 heteroatoms. The molecule has 0 bridgehead atoms. The van der Waals surface area contributed by atoms with Crippen molar-refractivity contribution in [2.45, 2.75) is 11.3 Å². The molecule has 0 fully saturated rings. The quantitative estimate of drug-likeness (QED) is 0.834. The number of hydrogen-bond donors (Lipinski definition) is 2. The molecule has 0 unspecified atom stereocenters. The SMILES string of the molecule is O=C(O)c1ccc(Cl)c(S(=O)(=O)NCCc2nccs2)c1. The predicted molar refractivity (Wildman–Crippen MR) is 79.4 cm³/mol. The molecule has 0 spiro atoms. The van der Waals surface area contributed by atoms with Gasteiger partial charge in [0.05, 0.1) is 15.6 Å². The van der Waals surface area contributed by atoms with E-state index in [0.29, 0.717) is 6.42 Å². The highest BCUT2D eigenvalue weighted by molar-refractivity contribution is 7.89. The zero-order valence-electron chi connectivity index (χ0n) is 10.6. The van der Waals surface area contributed by atoms with Gasteiger partial charge >= 0.3 is 5.97 Å². The summed E-state index contributed by atoms with van der Waals surface area (Å²) in [5.41, 5.74) is -0.139. The largest absolute Gasteiger partial charge is 0.478 e. The molecule has 0 radical (unpaired) electrons. The van der Waals surface area contributed by atoms with Crippen molar-refractivity contribution in [1.29, 1.82) is 0 Å². The average Bonchev–Trinajstić information content (AvgIpc) is 2.91. The summed E-state index contributed by atoms with van der Waals surface area (Å²) >= 11 is 7.27. The van der Waals surface area contributed by atoms with E-state index in [1.165, 1.54) is 23.5 Å². The molecule has 0 saturated carbocycles. The molecule has 0 amide bonds. The Morgan fingerprint density at radius 2 is 2.19 bits per heavy atom. The molecule has 6 nitrogen and oxygen atoms in total. The summed E-state index contributed by atoms with van der Waals surface area (Å²) in [5, 5.41) is 11.5. The minimum absolute atomic E-state index is 0.0262. The molecule has 112 valence electrons. The normalized spacial score (nSPS) is 11.5. The highest BCUT2D eigenvalue weighted by atomic mass is 35.5. The molecule has 0 saturated heterocycles. The molecule has 0 aliphatic rings. The van der Waals surface area contributed by atoms with Crippen LogP contribution in [0.25, 0.3) is 0 Å². The third kappa shape index (κ3) is 4.01. The fraction of sp³-hybridized carbons (Fsp3) is 0.167. The van der Waals surface area contributed by atoms with Crippen molar-refractivity contribution in [3.63, 3.8) is 0 Å². The van der Waals surface area contributed by atoms with Crippen LogP contribution in [-0.4, -0.2) is 31.0 Å². The van der Waals surface area contributed by atoms with E-state index in [1.54, 1.807) is 11.6 Å². The Labute approximate surface area is 130 Å². The number of nitrogens with zero attached hydrogens (tertiary/aromatic N) is 1. The molecule has 1 aromatic heterocycles. The van der Waals surface area contributed by atoms with Crippen LogP contribution in [0, 0.1) is 0 Å². The summed E-state index contributed by atoms with van der Waals surface area (Å²) < 4.78 is 26.7. The second-order valence-electron chi connectivity index (χ2n) is 4.02. The lowest BCUT2D eigenvalue weighted by Gasteiger charge is -2.08. The predicted octanol–water partition coefficient (Wildman–Crippen LogP) is 2.02. The molecule has 0 atom stereocenters. The number of carboxylic acid groups (broad SMARTS) is 1. The molecule has 2 aromatic rings. The fourth-order valence-corrected chi connectivity index (χ4v) is 3.76. The number of aromatic carboxylic acids is 1. The first-order chi connectivity index (χ1) is 9.90. The van der Waals surface area contributed by atoms with Crippen LogP contribution < -0.4 is 4.72 Å². The van der Waals surface area contributed by atoms with Crippen LogP contribution in [0.3, 0.4) is 0 Å². The Bertz CT molecular complexity index is 745. The highest BCUT2D eigenvalue weighted by Crippen LogP contribution is 2.22. The van der Waals surface area contributed by atoms with E-state index in [0.717, 1.165) is 11.1 Å². The lowest BCUT2D eigenvalue weighted by atomic mass is 10.2. The Kier molecular flexibility index (Phi) is 4.94. The van der Waals surface area contributed by atoms with Gasteiger partial charge in [-0.3, -0.25) is 0 Å². The third-order valence-electron chi connectivity index (χ3n) is 2.58. The summed E-state index contributed by atoms with van der Waals surface area (Å²) in [6.45, 7) is 0.156. The summed E-state index contributed by atoms with van der Waals surface area (Å²) in [4.78, 5) is 14.7. The number of hydrogen-bond acceptors (Lipinski definition) is 5. The third-order valence-corrected chi connectivity index (χ3v) is 5.36. The van der Waals surface area contributed by atoms with Gasteiger partial charge in [0.1, 0.15) is 4.90 Å². The molecule has 21 heavy (non-hydrogen) atoms. The summed E-state index contributed by atoms with van der Waals surface area (Å²) in [7, 11) is -3.87. The highest BCUT2D eigenvalue weighted by Gasteiger charge is 2.19. The maximum Gasteiger partial charge on any atom is 0.335 e. The summed E-state index contributed by atoms with van der Waals surface area (Å²) in [6, 6.07) is 3.54. The van der Waals surface area contributed by atoms with Gasteiger partial charge in [-0.05, 0) is 18.2 Å². The van der Waals surface area contributed by atoms with Crippen molar-refractivity contribution >= 4 is 38.9 Å². The molecule has 2 rings (SSSR count). The number of thiazole rings is 1. The van der Waals surface area contributed by atoms with Crippen molar-refractivity contribution in [3.05, 3.63) is 45.4 Å². The first kappa shape index (κ1) is 15.9.